The maximum atomic E-state index is 12.8. The molecule has 1 saturated heterocycles. The summed E-state index contributed by atoms with van der Waals surface area (Å²) in [6.45, 7) is 1.55. The molecule has 0 unspecified atom stereocenters. The van der Waals surface area contributed by atoms with Crippen molar-refractivity contribution in [2.75, 3.05) is 42.2 Å². The number of anilines is 4. The molecule has 0 atom stereocenters. The number of carbonyl (C=O) groups is 1. The molecular formula is C22H21ClN10O. The van der Waals surface area contributed by atoms with E-state index in [-0.39, 0.29) is 29.1 Å². The first-order valence-electron chi connectivity index (χ1n) is 10.9. The lowest BCUT2D eigenvalue weighted by Crippen LogP contribution is -2.35. The molecule has 2 fully saturated rings. The number of amides is 1. The van der Waals surface area contributed by atoms with Gasteiger partial charge in [-0.2, -0.15) is 20.0 Å². The molecule has 0 bridgehead atoms. The van der Waals surface area contributed by atoms with Crippen LogP contribution in [0.5, 0.6) is 0 Å². The van der Waals surface area contributed by atoms with Gasteiger partial charge in [-0.25, -0.2) is 4.98 Å². The van der Waals surface area contributed by atoms with Crippen LogP contribution in [0.25, 0.3) is 5.65 Å². The van der Waals surface area contributed by atoms with E-state index in [1.54, 1.807) is 17.0 Å². The van der Waals surface area contributed by atoms with Crippen LogP contribution in [0.4, 0.5) is 23.1 Å². The zero-order chi connectivity index (χ0) is 23.8. The minimum Gasteiger partial charge on any atom is -0.364 e. The van der Waals surface area contributed by atoms with E-state index < -0.39 is 0 Å². The number of fused-ring (bicyclic) bond motifs is 1. The third kappa shape index (κ3) is 4.19. The monoisotopic (exact) mass is 476 g/mol. The maximum absolute atomic E-state index is 12.8. The Labute approximate surface area is 200 Å². The zero-order valence-electron chi connectivity index (χ0n) is 18.4. The molecule has 2 aliphatic rings. The van der Waals surface area contributed by atoms with Crippen molar-refractivity contribution in [3.8, 4) is 12.1 Å². The molecule has 1 aliphatic carbocycles. The van der Waals surface area contributed by atoms with Crippen molar-refractivity contribution in [3.05, 3.63) is 34.6 Å². The smallest absolute Gasteiger partial charge is 0.247 e. The first kappa shape index (κ1) is 21.9. The minimum absolute atomic E-state index is 0.0893. The number of hydrogen-bond donors (Lipinski definition) is 2. The summed E-state index contributed by atoms with van der Waals surface area (Å²) >= 11 is 6.74. The summed E-state index contributed by atoms with van der Waals surface area (Å²) in [6, 6.07) is 7.70. The lowest BCUT2D eigenvalue weighted by atomic mass is 10.1. The predicted octanol–water partition coefficient (Wildman–Crippen LogP) is 2.51. The van der Waals surface area contributed by atoms with Crippen molar-refractivity contribution in [1.29, 1.82) is 10.5 Å². The summed E-state index contributed by atoms with van der Waals surface area (Å²) < 4.78 is 1.41. The van der Waals surface area contributed by atoms with Gasteiger partial charge in [0.15, 0.2) is 17.2 Å². The highest BCUT2D eigenvalue weighted by Gasteiger charge is 2.26. The molecule has 0 radical (unpaired) electrons. The van der Waals surface area contributed by atoms with Crippen molar-refractivity contribution in [3.63, 3.8) is 0 Å². The van der Waals surface area contributed by atoms with Gasteiger partial charge in [-0.3, -0.25) is 9.69 Å². The van der Waals surface area contributed by atoms with Gasteiger partial charge in [-0.15, -0.1) is 5.10 Å². The average molecular weight is 477 g/mol. The molecule has 1 aromatic carbocycles. The van der Waals surface area contributed by atoms with E-state index in [1.807, 2.05) is 11.9 Å². The van der Waals surface area contributed by atoms with E-state index in [4.69, 9.17) is 11.6 Å². The molecule has 34 heavy (non-hydrogen) atoms. The summed E-state index contributed by atoms with van der Waals surface area (Å²) in [5.41, 5.74) is 1.89. The highest BCUT2D eigenvalue weighted by Crippen LogP contribution is 2.37. The van der Waals surface area contributed by atoms with Crippen molar-refractivity contribution >= 4 is 46.3 Å². The average Bonchev–Trinajstić information content (AvgIpc) is 3.56. The SMILES string of the molecule is CN1CCCN(c2cc(C#N)cc(Nc3nc(NC4CC4)c4ncc(C#N)n4n3)c2Cl)C(=O)C1. The number of likely N-dealkylation sites (N-methyl/N-ethyl adjacent to an activating group) is 1. The second-order valence-corrected chi connectivity index (χ2v) is 8.80. The number of nitrogens with zero attached hydrogens (tertiary/aromatic N) is 8. The quantitative estimate of drug-likeness (QED) is 0.568. The summed E-state index contributed by atoms with van der Waals surface area (Å²) in [7, 11) is 1.90. The normalized spacial score (nSPS) is 16.7. The van der Waals surface area contributed by atoms with Crippen LogP contribution in [0.1, 0.15) is 30.5 Å². The molecule has 3 heterocycles. The van der Waals surface area contributed by atoms with Crippen LogP contribution in [-0.4, -0.2) is 63.1 Å². The molecule has 2 N–H and O–H groups in total. The van der Waals surface area contributed by atoms with Crippen molar-refractivity contribution in [1.82, 2.24) is 24.5 Å². The van der Waals surface area contributed by atoms with Crippen LogP contribution >= 0.6 is 11.6 Å². The Morgan fingerprint density at radius 3 is 2.76 bits per heavy atom. The molecule has 172 valence electrons. The summed E-state index contributed by atoms with van der Waals surface area (Å²) in [5, 5.41) is 30.1. The second-order valence-electron chi connectivity index (χ2n) is 8.42. The van der Waals surface area contributed by atoms with E-state index in [1.165, 1.54) is 10.7 Å². The molecule has 0 spiro atoms. The van der Waals surface area contributed by atoms with Gasteiger partial charge >= 0.3 is 0 Å². The summed E-state index contributed by atoms with van der Waals surface area (Å²) in [4.78, 5) is 25.2. The molecular weight excluding hydrogens is 456 g/mol. The molecule has 3 aromatic rings. The van der Waals surface area contributed by atoms with Crippen LogP contribution in [0.3, 0.4) is 0 Å². The van der Waals surface area contributed by atoms with E-state index in [2.05, 4.69) is 37.8 Å². The fourth-order valence-electron chi connectivity index (χ4n) is 3.88. The van der Waals surface area contributed by atoms with Crippen LogP contribution < -0.4 is 15.5 Å². The number of nitrogens with one attached hydrogen (secondary N) is 2. The van der Waals surface area contributed by atoms with Gasteiger partial charge in [-0.05, 0) is 38.4 Å². The van der Waals surface area contributed by atoms with Gasteiger partial charge in [0.25, 0.3) is 0 Å². The number of nitriles is 2. The van der Waals surface area contributed by atoms with Gasteiger partial charge in [0.1, 0.15) is 6.07 Å². The van der Waals surface area contributed by atoms with Crippen molar-refractivity contribution in [2.24, 2.45) is 0 Å². The lowest BCUT2D eigenvalue weighted by Gasteiger charge is -2.23. The van der Waals surface area contributed by atoms with E-state index in [9.17, 15) is 15.3 Å². The van der Waals surface area contributed by atoms with Crippen molar-refractivity contribution < 1.29 is 4.79 Å². The molecule has 12 heteroatoms. The minimum atomic E-state index is -0.0893. The van der Waals surface area contributed by atoms with Gasteiger partial charge in [0.2, 0.25) is 11.9 Å². The third-order valence-electron chi connectivity index (χ3n) is 5.74. The highest BCUT2D eigenvalue weighted by molar-refractivity contribution is 6.36. The van der Waals surface area contributed by atoms with Crippen LogP contribution in [-0.2, 0) is 4.79 Å². The van der Waals surface area contributed by atoms with Crippen LogP contribution in [0.15, 0.2) is 18.3 Å². The number of aromatic nitrogens is 4. The lowest BCUT2D eigenvalue weighted by molar-refractivity contribution is -0.118. The third-order valence-corrected chi connectivity index (χ3v) is 6.14. The number of halogens is 1. The predicted molar refractivity (Wildman–Crippen MR) is 126 cm³/mol. The largest absolute Gasteiger partial charge is 0.364 e. The molecule has 2 aromatic heterocycles. The molecule has 1 saturated carbocycles. The fraction of sp³-hybridized carbons (Fsp3) is 0.364. The zero-order valence-corrected chi connectivity index (χ0v) is 19.2. The molecule has 1 aliphatic heterocycles. The van der Waals surface area contributed by atoms with Crippen LogP contribution in [0, 0.1) is 22.7 Å². The standard InChI is InChI=1S/C22H21ClN10O/c1-31-5-2-6-32(18(34)12-31)17-8-13(9-24)7-16(19(17)23)28-22-29-20(27-14-3-4-14)21-26-11-15(10-25)33(21)30-22/h7-8,11,14H,2-6,12H2,1H3,(H2,27,28,29,30). The van der Waals surface area contributed by atoms with E-state index in [0.29, 0.717) is 41.0 Å². The van der Waals surface area contributed by atoms with Gasteiger partial charge in [0, 0.05) is 19.1 Å². The Bertz CT molecular complexity index is 1370. The van der Waals surface area contributed by atoms with E-state index in [0.717, 1.165) is 25.8 Å². The first-order chi connectivity index (χ1) is 16.5. The van der Waals surface area contributed by atoms with Gasteiger partial charge < -0.3 is 15.5 Å². The molecule has 1 amide bonds. The number of hydrogen-bond acceptors (Lipinski definition) is 9. The number of benzene rings is 1. The molecule has 5 rings (SSSR count). The van der Waals surface area contributed by atoms with Gasteiger partial charge in [-0.1, -0.05) is 11.6 Å². The number of rotatable bonds is 5. The van der Waals surface area contributed by atoms with Crippen molar-refractivity contribution in [2.45, 2.75) is 25.3 Å². The highest BCUT2D eigenvalue weighted by atomic mass is 35.5. The number of carbonyl (C=O) groups excluding carboxylic acids is 1. The Hall–Kier alpha value is -3.93. The van der Waals surface area contributed by atoms with Gasteiger partial charge in [0.05, 0.1) is 40.8 Å². The summed E-state index contributed by atoms with van der Waals surface area (Å²) in [6.07, 6.45) is 4.28. The topological polar surface area (TPSA) is 138 Å². The molecule has 11 nitrogen and oxygen atoms in total. The Kier molecular flexibility index (Phi) is 5.65. The summed E-state index contributed by atoms with van der Waals surface area (Å²) in [5.74, 6) is 0.587. The van der Waals surface area contributed by atoms with E-state index >= 15 is 0 Å². The Balaban J connectivity index is 1.56. The Morgan fingerprint density at radius 2 is 2.03 bits per heavy atom. The second kappa shape index (κ2) is 8.78. The fourth-order valence-corrected chi connectivity index (χ4v) is 4.14. The Morgan fingerprint density at radius 1 is 1.21 bits per heavy atom. The van der Waals surface area contributed by atoms with Crippen LogP contribution in [0.2, 0.25) is 5.02 Å². The maximum Gasteiger partial charge on any atom is 0.247 e. The first-order valence-corrected chi connectivity index (χ1v) is 11.3. The number of imidazole rings is 1.